The Bertz CT molecular complexity index is 353. The summed E-state index contributed by atoms with van der Waals surface area (Å²) >= 11 is 5.76. The molecule has 1 aromatic carbocycles. The van der Waals surface area contributed by atoms with Gasteiger partial charge in [0.1, 0.15) is 6.10 Å². The van der Waals surface area contributed by atoms with Crippen LogP contribution in [0.2, 0.25) is 5.02 Å². The quantitative estimate of drug-likeness (QED) is 0.732. The second-order valence-electron chi connectivity index (χ2n) is 4.17. The molecule has 16 heavy (non-hydrogen) atoms. The third kappa shape index (κ3) is 2.99. The molecule has 0 bridgehead atoms. The molecule has 0 aliphatic heterocycles. The molecule has 86 valence electrons. The highest BCUT2D eigenvalue weighted by atomic mass is 35.5. The highest BCUT2D eigenvalue weighted by molar-refractivity contribution is 6.30. The molecular weight excluding hydrogens is 224 g/mol. The van der Waals surface area contributed by atoms with Crippen LogP contribution in [-0.2, 0) is 4.74 Å². The number of benzene rings is 1. The summed E-state index contributed by atoms with van der Waals surface area (Å²) in [6.45, 7) is 0. The molecule has 0 saturated heterocycles. The van der Waals surface area contributed by atoms with Gasteiger partial charge in [0.2, 0.25) is 0 Å². The molecule has 3 heteroatoms. The van der Waals surface area contributed by atoms with Crippen molar-refractivity contribution in [3.63, 3.8) is 0 Å². The van der Waals surface area contributed by atoms with Crippen molar-refractivity contribution < 1.29 is 9.53 Å². The van der Waals surface area contributed by atoms with E-state index in [1.54, 1.807) is 24.3 Å². The molecular formula is C13H15ClO2. The van der Waals surface area contributed by atoms with Crippen LogP contribution in [0, 0.1) is 0 Å². The third-order valence-corrected chi connectivity index (χ3v) is 3.16. The fourth-order valence-corrected chi connectivity index (χ4v) is 2.11. The first-order valence-corrected chi connectivity index (χ1v) is 6.10. The van der Waals surface area contributed by atoms with Crippen molar-refractivity contribution in [1.82, 2.24) is 0 Å². The highest BCUT2D eigenvalue weighted by Crippen LogP contribution is 2.21. The van der Waals surface area contributed by atoms with E-state index >= 15 is 0 Å². The van der Waals surface area contributed by atoms with Crippen molar-refractivity contribution in [2.75, 3.05) is 0 Å². The Morgan fingerprint density at radius 2 is 1.75 bits per heavy atom. The van der Waals surface area contributed by atoms with Gasteiger partial charge in [-0.15, -0.1) is 0 Å². The van der Waals surface area contributed by atoms with Gasteiger partial charge in [-0.25, -0.2) is 4.79 Å². The number of esters is 1. The van der Waals surface area contributed by atoms with Gasteiger partial charge in [-0.3, -0.25) is 0 Å². The van der Waals surface area contributed by atoms with Gasteiger partial charge in [0.25, 0.3) is 0 Å². The number of ether oxygens (including phenoxy) is 1. The van der Waals surface area contributed by atoms with Crippen molar-refractivity contribution in [1.29, 1.82) is 0 Å². The van der Waals surface area contributed by atoms with Gasteiger partial charge in [-0.2, -0.15) is 0 Å². The number of hydrogen-bond acceptors (Lipinski definition) is 2. The van der Waals surface area contributed by atoms with Gasteiger partial charge in [0.15, 0.2) is 0 Å². The summed E-state index contributed by atoms with van der Waals surface area (Å²) in [6, 6.07) is 6.82. The second kappa shape index (κ2) is 5.35. The lowest BCUT2D eigenvalue weighted by molar-refractivity contribution is 0.0211. The summed E-state index contributed by atoms with van der Waals surface area (Å²) in [5.41, 5.74) is 0.579. The van der Waals surface area contributed by atoms with Crippen LogP contribution in [0.5, 0.6) is 0 Å². The van der Waals surface area contributed by atoms with Crippen molar-refractivity contribution in [2.24, 2.45) is 0 Å². The topological polar surface area (TPSA) is 26.3 Å². The van der Waals surface area contributed by atoms with Crippen molar-refractivity contribution in [2.45, 2.75) is 38.2 Å². The normalized spacial score (nSPS) is 17.1. The molecule has 0 amide bonds. The predicted octanol–water partition coefficient (Wildman–Crippen LogP) is 3.83. The number of carbonyl (C=O) groups is 1. The van der Waals surface area contributed by atoms with Crippen LogP contribution in [-0.4, -0.2) is 12.1 Å². The predicted molar refractivity (Wildman–Crippen MR) is 63.7 cm³/mol. The van der Waals surface area contributed by atoms with Gasteiger partial charge in [0.05, 0.1) is 5.56 Å². The minimum absolute atomic E-state index is 0.108. The first-order valence-electron chi connectivity index (χ1n) is 5.72. The number of hydrogen-bond donors (Lipinski definition) is 0. The zero-order valence-electron chi connectivity index (χ0n) is 9.12. The molecule has 0 unspecified atom stereocenters. The molecule has 1 aliphatic carbocycles. The zero-order valence-corrected chi connectivity index (χ0v) is 9.87. The highest BCUT2D eigenvalue weighted by Gasteiger charge is 2.18. The maximum Gasteiger partial charge on any atom is 0.338 e. The van der Waals surface area contributed by atoms with Crippen LogP contribution >= 0.6 is 11.6 Å². The van der Waals surface area contributed by atoms with E-state index in [1.165, 1.54) is 19.3 Å². The Morgan fingerprint density at radius 1 is 1.12 bits per heavy atom. The minimum atomic E-state index is -0.233. The molecule has 2 rings (SSSR count). The zero-order chi connectivity index (χ0) is 11.4. The molecule has 0 aromatic heterocycles. The van der Waals surface area contributed by atoms with Crippen LogP contribution in [0.3, 0.4) is 0 Å². The molecule has 1 fully saturated rings. The fourth-order valence-electron chi connectivity index (χ4n) is 1.99. The first kappa shape index (κ1) is 11.5. The molecule has 2 nitrogen and oxygen atoms in total. The molecule has 0 N–H and O–H groups in total. The lowest BCUT2D eigenvalue weighted by Gasteiger charge is -2.21. The molecule has 1 aromatic rings. The van der Waals surface area contributed by atoms with E-state index in [-0.39, 0.29) is 12.1 Å². The summed E-state index contributed by atoms with van der Waals surface area (Å²) in [5.74, 6) is -0.233. The Labute approximate surface area is 101 Å². The molecule has 1 saturated carbocycles. The molecule has 1 aliphatic rings. The Morgan fingerprint density at radius 3 is 2.38 bits per heavy atom. The van der Waals surface area contributed by atoms with E-state index in [2.05, 4.69) is 0 Å². The van der Waals surface area contributed by atoms with E-state index in [9.17, 15) is 4.79 Å². The number of carbonyl (C=O) groups excluding carboxylic acids is 1. The molecule has 0 radical (unpaired) electrons. The van der Waals surface area contributed by atoms with Gasteiger partial charge >= 0.3 is 5.97 Å². The fraction of sp³-hybridized carbons (Fsp3) is 0.462. The summed E-state index contributed by atoms with van der Waals surface area (Å²) in [6.07, 6.45) is 5.70. The average molecular weight is 239 g/mol. The lowest BCUT2D eigenvalue weighted by Crippen LogP contribution is -2.20. The van der Waals surface area contributed by atoms with Crippen molar-refractivity contribution >= 4 is 17.6 Å². The van der Waals surface area contributed by atoms with Crippen molar-refractivity contribution in [3.8, 4) is 0 Å². The van der Waals surface area contributed by atoms with Crippen LogP contribution in [0.1, 0.15) is 42.5 Å². The molecule has 0 heterocycles. The first-order chi connectivity index (χ1) is 7.75. The van der Waals surface area contributed by atoms with E-state index in [4.69, 9.17) is 16.3 Å². The van der Waals surface area contributed by atoms with Crippen LogP contribution in [0.15, 0.2) is 24.3 Å². The Hall–Kier alpha value is -1.02. The van der Waals surface area contributed by atoms with Gasteiger partial charge < -0.3 is 4.74 Å². The number of rotatable bonds is 2. The van der Waals surface area contributed by atoms with E-state index in [0.29, 0.717) is 10.6 Å². The Kier molecular flexibility index (Phi) is 3.83. The van der Waals surface area contributed by atoms with Crippen molar-refractivity contribution in [3.05, 3.63) is 34.9 Å². The molecule has 0 spiro atoms. The van der Waals surface area contributed by atoms with Gasteiger partial charge in [-0.05, 0) is 49.9 Å². The van der Waals surface area contributed by atoms with E-state index in [1.807, 2.05) is 0 Å². The summed E-state index contributed by atoms with van der Waals surface area (Å²) in [4.78, 5) is 11.8. The lowest BCUT2D eigenvalue weighted by atomic mass is 9.98. The summed E-state index contributed by atoms with van der Waals surface area (Å²) < 4.78 is 5.44. The van der Waals surface area contributed by atoms with E-state index < -0.39 is 0 Å². The maximum atomic E-state index is 11.8. The largest absolute Gasteiger partial charge is 0.459 e. The van der Waals surface area contributed by atoms with Gasteiger partial charge in [0, 0.05) is 5.02 Å². The average Bonchev–Trinajstić information content (AvgIpc) is 2.31. The van der Waals surface area contributed by atoms with Crippen LogP contribution in [0.4, 0.5) is 0 Å². The van der Waals surface area contributed by atoms with E-state index in [0.717, 1.165) is 12.8 Å². The second-order valence-corrected chi connectivity index (χ2v) is 4.61. The smallest absolute Gasteiger partial charge is 0.338 e. The Balaban J connectivity index is 1.94. The third-order valence-electron chi connectivity index (χ3n) is 2.91. The van der Waals surface area contributed by atoms with Crippen LogP contribution in [0.25, 0.3) is 0 Å². The van der Waals surface area contributed by atoms with Crippen LogP contribution < -0.4 is 0 Å². The minimum Gasteiger partial charge on any atom is -0.459 e. The summed E-state index contributed by atoms with van der Waals surface area (Å²) in [5, 5.41) is 0.634. The van der Waals surface area contributed by atoms with Gasteiger partial charge in [-0.1, -0.05) is 18.0 Å². The SMILES string of the molecule is O=C(OC1CCCCC1)c1ccc(Cl)cc1. The summed E-state index contributed by atoms with van der Waals surface area (Å²) in [7, 11) is 0. The maximum absolute atomic E-state index is 11.8. The number of halogens is 1. The molecule has 0 atom stereocenters. The monoisotopic (exact) mass is 238 g/mol. The standard InChI is InChI=1S/C13H15ClO2/c14-11-8-6-10(7-9-11)13(15)16-12-4-2-1-3-5-12/h6-9,12H,1-5H2.